The van der Waals surface area contributed by atoms with Gasteiger partial charge in [0.15, 0.2) is 5.78 Å². The van der Waals surface area contributed by atoms with Gasteiger partial charge >= 0.3 is 12.0 Å². The van der Waals surface area contributed by atoms with Gasteiger partial charge in [0.1, 0.15) is 5.69 Å². The van der Waals surface area contributed by atoms with Crippen molar-refractivity contribution in [2.75, 3.05) is 27.4 Å². The monoisotopic (exact) mass is 381 g/mol. The van der Waals surface area contributed by atoms with Crippen LogP contribution in [0.1, 0.15) is 52.9 Å². The van der Waals surface area contributed by atoms with Crippen LogP contribution in [0.2, 0.25) is 0 Å². The maximum absolute atomic E-state index is 13.2. The standard InChI is InChI=1S/C19H31N3O5/c1-11(2)20-19(25)22(9-10-26-7)14(5)17(23)15-12(3)16(18(24)27-8)21(6)13(15)4/h11,14H,9-10H2,1-8H3,(H,20,25). The molecule has 0 fully saturated rings. The Hall–Kier alpha value is -2.35. The molecule has 0 aliphatic carbocycles. The summed E-state index contributed by atoms with van der Waals surface area (Å²) in [6.45, 7) is 9.46. The maximum Gasteiger partial charge on any atom is 0.354 e. The zero-order valence-corrected chi connectivity index (χ0v) is 17.5. The predicted octanol–water partition coefficient (Wildman–Crippen LogP) is 2.07. The van der Waals surface area contributed by atoms with E-state index in [2.05, 4.69) is 5.32 Å². The highest BCUT2D eigenvalue weighted by atomic mass is 16.5. The molecule has 1 rings (SSSR count). The predicted molar refractivity (Wildman–Crippen MR) is 102 cm³/mol. The summed E-state index contributed by atoms with van der Waals surface area (Å²) in [5.74, 6) is -0.732. The Bertz CT molecular complexity index is 709. The van der Waals surface area contributed by atoms with Crippen molar-refractivity contribution in [3.63, 3.8) is 0 Å². The van der Waals surface area contributed by atoms with E-state index in [1.807, 2.05) is 13.8 Å². The number of aromatic nitrogens is 1. The van der Waals surface area contributed by atoms with Crippen molar-refractivity contribution in [2.45, 2.75) is 46.7 Å². The first kappa shape index (κ1) is 22.7. The molecule has 1 heterocycles. The van der Waals surface area contributed by atoms with Gasteiger partial charge in [-0.05, 0) is 40.2 Å². The lowest BCUT2D eigenvalue weighted by Crippen LogP contribution is -2.51. The molecule has 152 valence electrons. The second-order valence-electron chi connectivity index (χ2n) is 6.82. The van der Waals surface area contributed by atoms with Crippen molar-refractivity contribution in [2.24, 2.45) is 7.05 Å². The van der Waals surface area contributed by atoms with Gasteiger partial charge in [-0.1, -0.05) is 0 Å². The normalized spacial score (nSPS) is 12.0. The minimum Gasteiger partial charge on any atom is -0.464 e. The van der Waals surface area contributed by atoms with Crippen LogP contribution in [0.4, 0.5) is 4.79 Å². The number of methoxy groups -OCH3 is 2. The number of Topliss-reactive ketones (excluding diaryl/α,β-unsaturated/α-hetero) is 1. The van der Waals surface area contributed by atoms with Crippen LogP contribution in [0.25, 0.3) is 0 Å². The average molecular weight is 381 g/mol. The highest BCUT2D eigenvalue weighted by Crippen LogP contribution is 2.24. The Labute approximate surface area is 160 Å². The largest absolute Gasteiger partial charge is 0.464 e. The summed E-state index contributed by atoms with van der Waals surface area (Å²) in [6, 6.07) is -1.11. The number of ketones is 1. The number of hydrogen-bond donors (Lipinski definition) is 1. The summed E-state index contributed by atoms with van der Waals surface area (Å²) in [7, 11) is 4.56. The third kappa shape index (κ3) is 4.88. The van der Waals surface area contributed by atoms with Gasteiger partial charge < -0.3 is 24.3 Å². The lowest BCUT2D eigenvalue weighted by molar-refractivity contribution is 0.0588. The fraction of sp³-hybridized carbons (Fsp3) is 0.632. The minimum atomic E-state index is -0.718. The maximum atomic E-state index is 13.2. The van der Waals surface area contributed by atoms with E-state index in [1.165, 1.54) is 12.0 Å². The highest BCUT2D eigenvalue weighted by molar-refractivity contribution is 6.06. The number of esters is 1. The number of carbonyl (C=O) groups is 3. The van der Waals surface area contributed by atoms with Crippen LogP contribution in [0, 0.1) is 13.8 Å². The number of amides is 2. The molecule has 2 amide bonds. The van der Waals surface area contributed by atoms with Crippen LogP contribution in [0.5, 0.6) is 0 Å². The van der Waals surface area contributed by atoms with Gasteiger partial charge in [-0.3, -0.25) is 4.79 Å². The molecule has 0 spiro atoms. The van der Waals surface area contributed by atoms with E-state index in [0.717, 1.165) is 0 Å². The third-order valence-electron chi connectivity index (χ3n) is 4.61. The summed E-state index contributed by atoms with van der Waals surface area (Å²) < 4.78 is 11.6. The van der Waals surface area contributed by atoms with E-state index in [0.29, 0.717) is 29.1 Å². The Morgan fingerprint density at radius 2 is 1.74 bits per heavy atom. The van der Waals surface area contributed by atoms with Gasteiger partial charge in [0.2, 0.25) is 0 Å². The molecule has 1 aromatic heterocycles. The number of ether oxygens (including phenoxy) is 2. The van der Waals surface area contributed by atoms with Crippen LogP contribution in [-0.4, -0.2) is 66.7 Å². The molecule has 0 aromatic carbocycles. The molecule has 0 aliphatic heterocycles. The molecule has 0 radical (unpaired) electrons. The molecule has 0 saturated carbocycles. The molecule has 8 heteroatoms. The number of nitrogens with zero attached hydrogens (tertiary/aromatic N) is 2. The number of hydrogen-bond acceptors (Lipinski definition) is 5. The molecular weight excluding hydrogens is 350 g/mol. The molecule has 0 bridgehead atoms. The van der Waals surface area contributed by atoms with Crippen molar-refractivity contribution in [3.8, 4) is 0 Å². The molecule has 1 atom stereocenters. The Morgan fingerprint density at radius 1 is 1.15 bits per heavy atom. The zero-order valence-electron chi connectivity index (χ0n) is 17.5. The van der Waals surface area contributed by atoms with Crippen LogP contribution in [-0.2, 0) is 16.5 Å². The quantitative estimate of drug-likeness (QED) is 0.550. The number of nitrogens with one attached hydrogen (secondary N) is 1. The molecule has 0 aliphatic rings. The summed E-state index contributed by atoms with van der Waals surface area (Å²) in [5.41, 5.74) is 1.97. The van der Waals surface area contributed by atoms with Crippen LogP contribution in [0.15, 0.2) is 0 Å². The molecular formula is C19H31N3O5. The van der Waals surface area contributed by atoms with Gasteiger partial charge in [0.05, 0.1) is 19.8 Å². The number of carbonyl (C=O) groups excluding carboxylic acids is 3. The summed E-state index contributed by atoms with van der Waals surface area (Å²) in [4.78, 5) is 39.3. The van der Waals surface area contributed by atoms with E-state index in [4.69, 9.17) is 9.47 Å². The first-order chi connectivity index (χ1) is 12.6. The molecule has 0 saturated heterocycles. The van der Waals surface area contributed by atoms with E-state index in [9.17, 15) is 14.4 Å². The van der Waals surface area contributed by atoms with Gasteiger partial charge in [-0.25, -0.2) is 9.59 Å². The second kappa shape index (κ2) is 9.55. The third-order valence-corrected chi connectivity index (χ3v) is 4.61. The first-order valence-corrected chi connectivity index (χ1v) is 8.92. The number of rotatable bonds is 8. The molecule has 8 nitrogen and oxygen atoms in total. The number of urea groups is 1. The smallest absolute Gasteiger partial charge is 0.354 e. The van der Waals surface area contributed by atoms with Crippen LogP contribution < -0.4 is 5.32 Å². The lowest BCUT2D eigenvalue weighted by Gasteiger charge is -2.29. The minimum absolute atomic E-state index is 0.0593. The zero-order chi connectivity index (χ0) is 20.9. The first-order valence-electron chi connectivity index (χ1n) is 8.92. The van der Waals surface area contributed by atoms with Crippen molar-refractivity contribution in [1.29, 1.82) is 0 Å². The van der Waals surface area contributed by atoms with Crippen molar-refractivity contribution in [1.82, 2.24) is 14.8 Å². The second-order valence-corrected chi connectivity index (χ2v) is 6.82. The molecule has 1 unspecified atom stereocenters. The molecule has 27 heavy (non-hydrogen) atoms. The fourth-order valence-corrected chi connectivity index (χ4v) is 3.07. The van der Waals surface area contributed by atoms with Gasteiger partial charge in [-0.15, -0.1) is 0 Å². The van der Waals surface area contributed by atoms with Crippen LogP contribution >= 0.6 is 0 Å². The van der Waals surface area contributed by atoms with Gasteiger partial charge in [0.25, 0.3) is 0 Å². The fourth-order valence-electron chi connectivity index (χ4n) is 3.07. The summed E-state index contributed by atoms with van der Waals surface area (Å²) in [5, 5.41) is 2.81. The van der Waals surface area contributed by atoms with Crippen molar-refractivity contribution < 1.29 is 23.9 Å². The Balaban J connectivity index is 3.28. The lowest BCUT2D eigenvalue weighted by atomic mass is 10.00. The molecule has 1 aromatic rings. The average Bonchev–Trinajstić information content (AvgIpc) is 2.82. The van der Waals surface area contributed by atoms with Gasteiger partial charge in [-0.2, -0.15) is 0 Å². The van der Waals surface area contributed by atoms with E-state index in [1.54, 1.807) is 39.5 Å². The van der Waals surface area contributed by atoms with E-state index < -0.39 is 12.0 Å². The van der Waals surface area contributed by atoms with E-state index >= 15 is 0 Å². The van der Waals surface area contributed by atoms with Crippen molar-refractivity contribution >= 4 is 17.8 Å². The highest BCUT2D eigenvalue weighted by Gasteiger charge is 2.32. The Kier molecular flexibility index (Phi) is 8.02. The SMILES string of the molecule is COCCN(C(=O)NC(C)C)C(C)C(=O)c1c(C)c(C(=O)OC)n(C)c1C. The van der Waals surface area contributed by atoms with E-state index in [-0.39, 0.29) is 24.4 Å². The summed E-state index contributed by atoms with van der Waals surface area (Å²) >= 11 is 0. The molecule has 1 N–H and O–H groups in total. The van der Waals surface area contributed by atoms with Crippen molar-refractivity contribution in [3.05, 3.63) is 22.5 Å². The van der Waals surface area contributed by atoms with Gasteiger partial charge in [0, 0.05) is 38.0 Å². The van der Waals surface area contributed by atoms with Crippen LogP contribution in [0.3, 0.4) is 0 Å². The summed E-state index contributed by atoms with van der Waals surface area (Å²) in [6.07, 6.45) is 0. The Morgan fingerprint density at radius 3 is 2.22 bits per heavy atom. The topological polar surface area (TPSA) is 89.9 Å².